The molecule has 0 amide bonds. The average molecular weight is 302 g/mol. The standard InChI is InChI=1S/C14H17F3N2O2/c15-14(16,17)10-2-1-3-12(6-10)19-7-9(5-13(20)21)4-11(18)8-19/h1-3,6,9,11H,4-5,7-8,18H2,(H,20,21). The van der Waals surface area contributed by atoms with E-state index in [1.54, 1.807) is 11.0 Å². The molecule has 1 saturated heterocycles. The number of piperidine rings is 1. The van der Waals surface area contributed by atoms with Crippen LogP contribution in [-0.4, -0.2) is 30.2 Å². The molecule has 0 bridgehead atoms. The Balaban J connectivity index is 2.18. The number of rotatable bonds is 3. The van der Waals surface area contributed by atoms with Crippen LogP contribution in [0.5, 0.6) is 0 Å². The highest BCUT2D eigenvalue weighted by Crippen LogP contribution is 2.33. The molecular weight excluding hydrogens is 285 g/mol. The van der Waals surface area contributed by atoms with Gasteiger partial charge in [-0.25, -0.2) is 0 Å². The van der Waals surface area contributed by atoms with Gasteiger partial charge in [-0.2, -0.15) is 13.2 Å². The van der Waals surface area contributed by atoms with Crippen LogP contribution in [0.3, 0.4) is 0 Å². The summed E-state index contributed by atoms with van der Waals surface area (Å²) in [5.41, 5.74) is 5.61. The molecule has 1 aliphatic rings. The molecule has 1 aliphatic heterocycles. The number of hydrogen-bond acceptors (Lipinski definition) is 3. The van der Waals surface area contributed by atoms with E-state index in [1.165, 1.54) is 6.07 Å². The fourth-order valence-corrected chi connectivity index (χ4v) is 2.73. The second kappa shape index (κ2) is 5.93. The SMILES string of the molecule is NC1CC(CC(=O)O)CN(c2cccc(C(F)(F)F)c2)C1. The molecule has 2 rings (SSSR count). The van der Waals surface area contributed by atoms with E-state index < -0.39 is 17.7 Å². The van der Waals surface area contributed by atoms with Gasteiger partial charge in [-0.15, -0.1) is 0 Å². The molecule has 2 unspecified atom stereocenters. The first-order chi connectivity index (χ1) is 9.75. The summed E-state index contributed by atoms with van der Waals surface area (Å²) < 4.78 is 38.2. The van der Waals surface area contributed by atoms with E-state index >= 15 is 0 Å². The lowest BCUT2D eigenvalue weighted by molar-refractivity contribution is -0.138. The lowest BCUT2D eigenvalue weighted by Gasteiger charge is -2.37. The predicted octanol–water partition coefficient (Wildman–Crippen LogP) is 2.33. The fourth-order valence-electron chi connectivity index (χ4n) is 2.73. The molecule has 3 N–H and O–H groups in total. The first kappa shape index (κ1) is 15.6. The van der Waals surface area contributed by atoms with Crippen molar-refractivity contribution >= 4 is 11.7 Å². The zero-order valence-electron chi connectivity index (χ0n) is 11.3. The molecule has 0 aliphatic carbocycles. The van der Waals surface area contributed by atoms with Crippen molar-refractivity contribution in [3.8, 4) is 0 Å². The van der Waals surface area contributed by atoms with Gasteiger partial charge < -0.3 is 15.7 Å². The quantitative estimate of drug-likeness (QED) is 0.899. The minimum Gasteiger partial charge on any atom is -0.481 e. The molecule has 0 radical (unpaired) electrons. The van der Waals surface area contributed by atoms with Gasteiger partial charge in [-0.1, -0.05) is 6.07 Å². The Morgan fingerprint density at radius 1 is 1.38 bits per heavy atom. The zero-order chi connectivity index (χ0) is 15.6. The van der Waals surface area contributed by atoms with E-state index in [0.717, 1.165) is 12.1 Å². The highest BCUT2D eigenvalue weighted by molar-refractivity contribution is 5.67. The molecule has 7 heteroatoms. The maximum absolute atomic E-state index is 12.7. The summed E-state index contributed by atoms with van der Waals surface area (Å²) in [6, 6.07) is 4.80. The molecule has 1 aromatic carbocycles. The van der Waals surface area contributed by atoms with E-state index in [4.69, 9.17) is 10.8 Å². The van der Waals surface area contributed by atoms with Gasteiger partial charge >= 0.3 is 12.1 Å². The van der Waals surface area contributed by atoms with Crippen molar-refractivity contribution in [1.29, 1.82) is 0 Å². The number of carboxylic acids is 1. The molecular formula is C14H17F3N2O2. The number of nitrogens with two attached hydrogens (primary N) is 1. The first-order valence-electron chi connectivity index (χ1n) is 6.65. The smallest absolute Gasteiger partial charge is 0.416 e. The van der Waals surface area contributed by atoms with E-state index in [-0.39, 0.29) is 18.4 Å². The van der Waals surface area contributed by atoms with Crippen LogP contribution >= 0.6 is 0 Å². The zero-order valence-corrected chi connectivity index (χ0v) is 11.3. The van der Waals surface area contributed by atoms with E-state index in [9.17, 15) is 18.0 Å². The molecule has 4 nitrogen and oxygen atoms in total. The van der Waals surface area contributed by atoms with Crippen LogP contribution in [0.2, 0.25) is 0 Å². The second-order valence-corrected chi connectivity index (χ2v) is 5.41. The molecule has 0 saturated carbocycles. The van der Waals surface area contributed by atoms with Crippen molar-refractivity contribution in [2.75, 3.05) is 18.0 Å². The average Bonchev–Trinajstić information content (AvgIpc) is 2.36. The summed E-state index contributed by atoms with van der Waals surface area (Å²) in [6.07, 6.45) is -3.85. The highest BCUT2D eigenvalue weighted by atomic mass is 19.4. The third-order valence-corrected chi connectivity index (χ3v) is 3.57. The van der Waals surface area contributed by atoms with Crippen LogP contribution in [0, 0.1) is 5.92 Å². The Bertz CT molecular complexity index is 519. The number of aliphatic carboxylic acids is 1. The van der Waals surface area contributed by atoms with E-state index in [1.807, 2.05) is 0 Å². The normalized spacial score (nSPS) is 23.1. The molecule has 2 atom stereocenters. The summed E-state index contributed by atoms with van der Waals surface area (Å²) in [5, 5.41) is 8.85. The van der Waals surface area contributed by atoms with Gasteiger partial charge in [0, 0.05) is 31.2 Å². The fraction of sp³-hybridized carbons (Fsp3) is 0.500. The van der Waals surface area contributed by atoms with Crippen LogP contribution in [0.1, 0.15) is 18.4 Å². The van der Waals surface area contributed by atoms with Crippen LogP contribution < -0.4 is 10.6 Å². The largest absolute Gasteiger partial charge is 0.481 e. The van der Waals surface area contributed by atoms with Gasteiger partial charge in [0.05, 0.1) is 5.56 Å². The number of alkyl halides is 3. The van der Waals surface area contributed by atoms with Crippen LogP contribution in [0.15, 0.2) is 24.3 Å². The first-order valence-corrected chi connectivity index (χ1v) is 6.65. The molecule has 1 heterocycles. The predicted molar refractivity (Wildman–Crippen MR) is 72.0 cm³/mol. The maximum atomic E-state index is 12.7. The molecule has 1 fully saturated rings. The van der Waals surface area contributed by atoms with Gasteiger partial charge in [-0.3, -0.25) is 4.79 Å². The third-order valence-electron chi connectivity index (χ3n) is 3.57. The van der Waals surface area contributed by atoms with Crippen molar-refractivity contribution in [2.24, 2.45) is 11.7 Å². The lowest BCUT2D eigenvalue weighted by Crippen LogP contribution is -2.47. The Kier molecular flexibility index (Phi) is 4.41. The summed E-state index contributed by atoms with van der Waals surface area (Å²) in [7, 11) is 0. The van der Waals surface area contributed by atoms with Crippen molar-refractivity contribution in [3.63, 3.8) is 0 Å². The Labute approximate surface area is 120 Å². The minimum atomic E-state index is -4.39. The van der Waals surface area contributed by atoms with Gasteiger partial charge in [0.1, 0.15) is 0 Å². The van der Waals surface area contributed by atoms with E-state index in [2.05, 4.69) is 0 Å². The number of carbonyl (C=O) groups is 1. The van der Waals surface area contributed by atoms with Crippen molar-refractivity contribution in [1.82, 2.24) is 0 Å². The second-order valence-electron chi connectivity index (χ2n) is 5.41. The van der Waals surface area contributed by atoms with Crippen LogP contribution in [-0.2, 0) is 11.0 Å². The lowest BCUT2D eigenvalue weighted by atomic mass is 9.91. The summed E-state index contributed by atoms with van der Waals surface area (Å²) in [5.74, 6) is -1.07. The summed E-state index contributed by atoms with van der Waals surface area (Å²) in [6.45, 7) is 0.832. The molecule has 0 aromatic heterocycles. The maximum Gasteiger partial charge on any atom is 0.416 e. The van der Waals surface area contributed by atoms with Crippen molar-refractivity contribution in [2.45, 2.75) is 25.1 Å². The van der Waals surface area contributed by atoms with Crippen molar-refractivity contribution in [3.05, 3.63) is 29.8 Å². The number of hydrogen-bond donors (Lipinski definition) is 2. The summed E-state index contributed by atoms with van der Waals surface area (Å²) >= 11 is 0. The third kappa shape index (κ3) is 4.10. The topological polar surface area (TPSA) is 66.6 Å². The van der Waals surface area contributed by atoms with Crippen LogP contribution in [0.25, 0.3) is 0 Å². The number of anilines is 1. The molecule has 1 aromatic rings. The Hall–Kier alpha value is -1.76. The Morgan fingerprint density at radius 2 is 2.10 bits per heavy atom. The number of carboxylic acid groups (broad SMARTS) is 1. The van der Waals surface area contributed by atoms with Gasteiger partial charge in [0.25, 0.3) is 0 Å². The van der Waals surface area contributed by atoms with Gasteiger partial charge in [0.15, 0.2) is 0 Å². The number of benzene rings is 1. The molecule has 0 spiro atoms. The van der Waals surface area contributed by atoms with Gasteiger partial charge in [0.2, 0.25) is 0 Å². The molecule has 116 valence electrons. The van der Waals surface area contributed by atoms with E-state index in [0.29, 0.717) is 25.2 Å². The Morgan fingerprint density at radius 3 is 2.71 bits per heavy atom. The molecule has 21 heavy (non-hydrogen) atoms. The number of nitrogens with zero attached hydrogens (tertiary/aromatic N) is 1. The monoisotopic (exact) mass is 302 g/mol. The van der Waals surface area contributed by atoms with Crippen molar-refractivity contribution < 1.29 is 23.1 Å². The highest BCUT2D eigenvalue weighted by Gasteiger charge is 2.32. The van der Waals surface area contributed by atoms with Crippen LogP contribution in [0.4, 0.5) is 18.9 Å². The minimum absolute atomic E-state index is 0.0246. The summed E-state index contributed by atoms with van der Waals surface area (Å²) in [4.78, 5) is 12.5. The number of halogens is 3. The van der Waals surface area contributed by atoms with Gasteiger partial charge in [-0.05, 0) is 30.5 Å².